The van der Waals surface area contributed by atoms with Crippen LogP contribution in [0.2, 0.25) is 10.0 Å². The Bertz CT molecular complexity index is 952. The number of thiophene rings is 1. The summed E-state index contributed by atoms with van der Waals surface area (Å²) >= 11 is 13.3. The molecular weight excluding hydrogens is 397 g/mol. The van der Waals surface area contributed by atoms with Crippen LogP contribution in [0.4, 0.5) is 5.69 Å². The Morgan fingerprint density at radius 1 is 1.35 bits per heavy atom. The van der Waals surface area contributed by atoms with Gasteiger partial charge in [0.05, 0.1) is 10.7 Å². The number of halogens is 2. The van der Waals surface area contributed by atoms with Crippen LogP contribution in [0.25, 0.3) is 10.8 Å². The summed E-state index contributed by atoms with van der Waals surface area (Å²) in [6.07, 6.45) is 2.19. The van der Waals surface area contributed by atoms with Crippen LogP contribution in [0, 0.1) is 0 Å². The molecule has 1 aliphatic carbocycles. The van der Waals surface area contributed by atoms with Gasteiger partial charge in [-0.15, -0.1) is 11.3 Å². The van der Waals surface area contributed by atoms with Gasteiger partial charge in [0.2, 0.25) is 0 Å². The SMILES string of the molecule is O=C(COc1ccc(Cl)cc1Cl)Nc1ccsc1-c1nc(C2CC2)no1. The second-order valence-electron chi connectivity index (χ2n) is 5.81. The molecule has 134 valence electrons. The molecule has 1 saturated carbocycles. The molecule has 0 spiro atoms. The normalized spacial score (nSPS) is 13.6. The molecule has 2 heterocycles. The fourth-order valence-corrected chi connectivity index (χ4v) is 3.56. The first-order valence-electron chi connectivity index (χ1n) is 7.89. The molecule has 6 nitrogen and oxygen atoms in total. The fraction of sp³-hybridized carbons (Fsp3) is 0.235. The molecule has 0 unspecified atom stereocenters. The molecule has 1 fully saturated rings. The van der Waals surface area contributed by atoms with E-state index in [2.05, 4.69) is 15.5 Å². The molecular formula is C17H13Cl2N3O3S. The van der Waals surface area contributed by atoms with Gasteiger partial charge in [-0.25, -0.2) is 0 Å². The summed E-state index contributed by atoms with van der Waals surface area (Å²) in [6.45, 7) is -0.187. The number of nitrogens with one attached hydrogen (secondary N) is 1. The minimum Gasteiger partial charge on any atom is -0.482 e. The van der Waals surface area contributed by atoms with Crippen LogP contribution in [0.5, 0.6) is 5.75 Å². The average Bonchev–Trinajstić information content (AvgIpc) is 3.16. The van der Waals surface area contributed by atoms with Crippen molar-refractivity contribution in [3.05, 3.63) is 45.5 Å². The number of amides is 1. The van der Waals surface area contributed by atoms with Gasteiger partial charge >= 0.3 is 0 Å². The zero-order chi connectivity index (χ0) is 18.1. The van der Waals surface area contributed by atoms with Crippen LogP contribution in [0.15, 0.2) is 34.2 Å². The third-order valence-corrected chi connectivity index (χ3v) is 5.20. The number of aromatic nitrogens is 2. The van der Waals surface area contributed by atoms with Gasteiger partial charge in [-0.05, 0) is 42.5 Å². The fourth-order valence-electron chi connectivity index (χ4n) is 2.33. The molecule has 0 radical (unpaired) electrons. The Kier molecular flexibility index (Phi) is 4.84. The molecule has 26 heavy (non-hydrogen) atoms. The molecule has 4 rings (SSSR count). The van der Waals surface area contributed by atoms with Crippen LogP contribution in [0.3, 0.4) is 0 Å². The highest BCUT2D eigenvalue weighted by atomic mass is 35.5. The molecule has 1 N–H and O–H groups in total. The number of carbonyl (C=O) groups is 1. The van der Waals surface area contributed by atoms with E-state index >= 15 is 0 Å². The summed E-state index contributed by atoms with van der Waals surface area (Å²) in [6, 6.07) is 6.60. The maximum atomic E-state index is 12.2. The highest BCUT2D eigenvalue weighted by Crippen LogP contribution is 2.40. The van der Waals surface area contributed by atoms with E-state index in [0.717, 1.165) is 23.5 Å². The Morgan fingerprint density at radius 3 is 2.96 bits per heavy atom. The number of carbonyl (C=O) groups excluding carboxylic acids is 1. The maximum Gasteiger partial charge on any atom is 0.270 e. The lowest BCUT2D eigenvalue weighted by molar-refractivity contribution is -0.118. The van der Waals surface area contributed by atoms with E-state index in [4.69, 9.17) is 32.5 Å². The van der Waals surface area contributed by atoms with Crippen molar-refractivity contribution in [3.63, 3.8) is 0 Å². The van der Waals surface area contributed by atoms with Gasteiger partial charge < -0.3 is 14.6 Å². The Balaban J connectivity index is 1.41. The predicted molar refractivity (Wildman–Crippen MR) is 100 cm³/mol. The van der Waals surface area contributed by atoms with Gasteiger partial charge in [-0.2, -0.15) is 4.98 Å². The third kappa shape index (κ3) is 3.85. The van der Waals surface area contributed by atoms with E-state index in [-0.39, 0.29) is 12.5 Å². The molecule has 1 amide bonds. The van der Waals surface area contributed by atoms with E-state index in [1.165, 1.54) is 11.3 Å². The quantitative estimate of drug-likeness (QED) is 0.619. The smallest absolute Gasteiger partial charge is 0.270 e. The molecule has 0 atom stereocenters. The predicted octanol–water partition coefficient (Wildman–Crippen LogP) is 5.00. The monoisotopic (exact) mass is 409 g/mol. The van der Waals surface area contributed by atoms with Gasteiger partial charge in [0, 0.05) is 10.9 Å². The average molecular weight is 410 g/mol. The molecule has 0 bridgehead atoms. The molecule has 3 aromatic rings. The van der Waals surface area contributed by atoms with Crippen molar-refractivity contribution >= 4 is 46.1 Å². The highest BCUT2D eigenvalue weighted by molar-refractivity contribution is 7.14. The van der Waals surface area contributed by atoms with Crippen molar-refractivity contribution in [2.45, 2.75) is 18.8 Å². The van der Waals surface area contributed by atoms with E-state index in [1.807, 2.05) is 5.38 Å². The van der Waals surface area contributed by atoms with Gasteiger partial charge in [0.15, 0.2) is 12.4 Å². The Hall–Kier alpha value is -2.09. The molecule has 1 aliphatic rings. The zero-order valence-electron chi connectivity index (χ0n) is 13.4. The van der Waals surface area contributed by atoms with E-state index in [0.29, 0.717) is 33.3 Å². The Labute approximate surface area is 163 Å². The van der Waals surface area contributed by atoms with Crippen molar-refractivity contribution < 1.29 is 14.1 Å². The summed E-state index contributed by atoms with van der Waals surface area (Å²) < 4.78 is 10.8. The molecule has 9 heteroatoms. The number of hydrogen-bond acceptors (Lipinski definition) is 6. The minimum absolute atomic E-state index is 0.187. The van der Waals surface area contributed by atoms with Crippen molar-refractivity contribution in [1.29, 1.82) is 0 Å². The van der Waals surface area contributed by atoms with Gasteiger partial charge in [0.25, 0.3) is 11.8 Å². The van der Waals surface area contributed by atoms with Gasteiger partial charge in [-0.3, -0.25) is 4.79 Å². The first-order valence-corrected chi connectivity index (χ1v) is 9.53. The summed E-state index contributed by atoms with van der Waals surface area (Å²) in [5, 5.41) is 9.50. The lowest BCUT2D eigenvalue weighted by Crippen LogP contribution is -2.20. The summed E-state index contributed by atoms with van der Waals surface area (Å²) in [4.78, 5) is 17.3. The number of rotatable bonds is 6. The van der Waals surface area contributed by atoms with Crippen LogP contribution in [-0.2, 0) is 4.79 Å². The van der Waals surface area contributed by atoms with E-state index in [1.54, 1.807) is 24.3 Å². The lowest BCUT2D eigenvalue weighted by Gasteiger charge is -2.08. The number of benzene rings is 1. The number of hydrogen-bond donors (Lipinski definition) is 1. The summed E-state index contributed by atoms with van der Waals surface area (Å²) in [5.74, 6) is 1.62. The molecule has 1 aromatic carbocycles. The Morgan fingerprint density at radius 2 is 2.19 bits per heavy atom. The number of anilines is 1. The minimum atomic E-state index is -0.322. The van der Waals surface area contributed by atoms with E-state index < -0.39 is 0 Å². The molecule has 0 aliphatic heterocycles. The lowest BCUT2D eigenvalue weighted by atomic mass is 10.3. The van der Waals surface area contributed by atoms with Crippen molar-refractivity contribution in [3.8, 4) is 16.5 Å². The van der Waals surface area contributed by atoms with Crippen LogP contribution in [0.1, 0.15) is 24.6 Å². The largest absolute Gasteiger partial charge is 0.482 e. The number of nitrogens with zero attached hydrogens (tertiary/aromatic N) is 2. The summed E-state index contributed by atoms with van der Waals surface area (Å²) in [7, 11) is 0. The van der Waals surface area contributed by atoms with Crippen molar-refractivity contribution in [2.75, 3.05) is 11.9 Å². The highest BCUT2D eigenvalue weighted by Gasteiger charge is 2.29. The van der Waals surface area contributed by atoms with Gasteiger partial charge in [0.1, 0.15) is 10.6 Å². The van der Waals surface area contributed by atoms with Crippen LogP contribution in [-0.4, -0.2) is 22.7 Å². The second kappa shape index (κ2) is 7.26. The second-order valence-corrected chi connectivity index (χ2v) is 7.57. The topological polar surface area (TPSA) is 77.2 Å². The maximum absolute atomic E-state index is 12.2. The first-order chi connectivity index (χ1) is 12.6. The van der Waals surface area contributed by atoms with Crippen LogP contribution >= 0.6 is 34.5 Å². The zero-order valence-corrected chi connectivity index (χ0v) is 15.7. The van der Waals surface area contributed by atoms with Crippen molar-refractivity contribution in [2.24, 2.45) is 0 Å². The van der Waals surface area contributed by atoms with Crippen LogP contribution < -0.4 is 10.1 Å². The van der Waals surface area contributed by atoms with Crippen molar-refractivity contribution in [1.82, 2.24) is 10.1 Å². The standard InChI is InChI=1S/C17H13Cl2N3O3S/c18-10-3-4-13(11(19)7-10)24-8-14(23)20-12-5-6-26-15(12)17-21-16(22-25-17)9-1-2-9/h3-7,9H,1-2,8H2,(H,20,23). The van der Waals surface area contributed by atoms with Gasteiger partial charge in [-0.1, -0.05) is 28.4 Å². The first kappa shape index (κ1) is 17.3. The third-order valence-electron chi connectivity index (χ3n) is 3.77. The summed E-state index contributed by atoms with van der Waals surface area (Å²) in [5.41, 5.74) is 0.608. The molecule has 2 aromatic heterocycles. The molecule has 0 saturated heterocycles. The van der Waals surface area contributed by atoms with E-state index in [9.17, 15) is 4.79 Å². The number of ether oxygens (including phenoxy) is 1.